The average Bonchev–Trinajstić information content (AvgIpc) is 2.37. The molecule has 0 aliphatic heterocycles. The number of nitrogens with zero attached hydrogens (tertiary/aromatic N) is 1. The molecular formula is C14H18N2O2. The molecule has 96 valence electrons. The Kier molecular flexibility index (Phi) is 5.19. The van der Waals surface area contributed by atoms with Crippen LogP contribution in [0.1, 0.15) is 31.4 Å². The summed E-state index contributed by atoms with van der Waals surface area (Å²) in [6.07, 6.45) is 0.884. The third-order valence-electron chi connectivity index (χ3n) is 2.70. The molecule has 0 saturated heterocycles. The number of carbonyl (C=O) groups excluding carboxylic acids is 1. The van der Waals surface area contributed by atoms with Crippen molar-refractivity contribution in [2.75, 3.05) is 6.61 Å². The van der Waals surface area contributed by atoms with Gasteiger partial charge in [0.25, 0.3) is 5.91 Å². The van der Waals surface area contributed by atoms with Gasteiger partial charge in [-0.15, -0.1) is 0 Å². The van der Waals surface area contributed by atoms with Gasteiger partial charge in [0.2, 0.25) is 0 Å². The van der Waals surface area contributed by atoms with Gasteiger partial charge in [-0.1, -0.05) is 13.0 Å². The van der Waals surface area contributed by atoms with Gasteiger partial charge < -0.3 is 10.1 Å². The molecule has 1 N–H and O–H groups in total. The van der Waals surface area contributed by atoms with Crippen molar-refractivity contribution >= 4 is 5.91 Å². The molecule has 4 heteroatoms. The fourth-order valence-electron chi connectivity index (χ4n) is 1.39. The van der Waals surface area contributed by atoms with E-state index in [2.05, 4.69) is 5.32 Å². The Morgan fingerprint density at radius 3 is 2.89 bits per heavy atom. The second-order valence-electron chi connectivity index (χ2n) is 4.26. The van der Waals surface area contributed by atoms with Crippen LogP contribution in [0.5, 0.6) is 5.75 Å². The number of rotatable bonds is 5. The number of amides is 1. The zero-order valence-electron chi connectivity index (χ0n) is 11.0. The summed E-state index contributed by atoms with van der Waals surface area (Å²) in [5.41, 5.74) is 1.43. The number of hydrogen-bond acceptors (Lipinski definition) is 3. The van der Waals surface area contributed by atoms with Crippen LogP contribution in [0.15, 0.2) is 18.2 Å². The van der Waals surface area contributed by atoms with Crippen LogP contribution in [0.3, 0.4) is 0 Å². The predicted molar refractivity (Wildman–Crippen MR) is 69.3 cm³/mol. The van der Waals surface area contributed by atoms with Crippen molar-refractivity contribution in [1.82, 2.24) is 5.32 Å². The standard InChI is InChI=1S/C14H18N2O2/c1-4-11(3)16-14(17)9-18-13-7-12(8-15)6-5-10(13)2/h5-7,11H,4,9H2,1-3H3,(H,16,17). The lowest BCUT2D eigenvalue weighted by Gasteiger charge is -2.13. The van der Waals surface area contributed by atoms with E-state index in [-0.39, 0.29) is 18.6 Å². The van der Waals surface area contributed by atoms with Gasteiger partial charge in [0.05, 0.1) is 11.6 Å². The quantitative estimate of drug-likeness (QED) is 0.866. The van der Waals surface area contributed by atoms with E-state index in [1.54, 1.807) is 18.2 Å². The van der Waals surface area contributed by atoms with Crippen molar-refractivity contribution in [3.8, 4) is 11.8 Å². The SMILES string of the molecule is CCC(C)NC(=O)COc1cc(C#N)ccc1C. The summed E-state index contributed by atoms with van der Waals surface area (Å²) >= 11 is 0. The maximum atomic E-state index is 11.6. The van der Waals surface area contributed by atoms with Gasteiger partial charge in [-0.3, -0.25) is 4.79 Å². The minimum atomic E-state index is -0.147. The molecular weight excluding hydrogens is 228 g/mol. The number of hydrogen-bond donors (Lipinski definition) is 1. The zero-order chi connectivity index (χ0) is 13.5. The van der Waals surface area contributed by atoms with Crippen molar-refractivity contribution < 1.29 is 9.53 Å². The number of ether oxygens (including phenoxy) is 1. The molecule has 1 aromatic carbocycles. The molecule has 18 heavy (non-hydrogen) atoms. The highest BCUT2D eigenvalue weighted by atomic mass is 16.5. The Hall–Kier alpha value is -2.02. The smallest absolute Gasteiger partial charge is 0.258 e. The van der Waals surface area contributed by atoms with Crippen LogP contribution >= 0.6 is 0 Å². The van der Waals surface area contributed by atoms with Gasteiger partial charge in [0.15, 0.2) is 6.61 Å². The molecule has 0 fully saturated rings. The molecule has 1 aromatic rings. The summed E-state index contributed by atoms with van der Waals surface area (Å²) in [4.78, 5) is 11.6. The first kappa shape index (κ1) is 14.0. The number of aryl methyl sites for hydroxylation is 1. The van der Waals surface area contributed by atoms with E-state index < -0.39 is 0 Å². The fraction of sp³-hybridized carbons (Fsp3) is 0.429. The van der Waals surface area contributed by atoms with E-state index >= 15 is 0 Å². The molecule has 0 heterocycles. The molecule has 0 aliphatic carbocycles. The number of benzene rings is 1. The summed E-state index contributed by atoms with van der Waals surface area (Å²) in [5, 5.41) is 11.6. The summed E-state index contributed by atoms with van der Waals surface area (Å²) in [5.74, 6) is 0.430. The first-order chi connectivity index (χ1) is 8.56. The summed E-state index contributed by atoms with van der Waals surface area (Å²) in [6.45, 7) is 5.80. The van der Waals surface area contributed by atoms with E-state index in [9.17, 15) is 4.79 Å². The average molecular weight is 246 g/mol. The molecule has 1 unspecified atom stereocenters. The minimum Gasteiger partial charge on any atom is -0.483 e. The van der Waals surface area contributed by atoms with Crippen molar-refractivity contribution in [2.45, 2.75) is 33.2 Å². The molecule has 0 saturated carbocycles. The maximum Gasteiger partial charge on any atom is 0.258 e. The maximum absolute atomic E-state index is 11.6. The molecule has 0 radical (unpaired) electrons. The highest BCUT2D eigenvalue weighted by molar-refractivity contribution is 5.77. The fourth-order valence-corrected chi connectivity index (χ4v) is 1.39. The van der Waals surface area contributed by atoms with Gasteiger partial charge in [0.1, 0.15) is 5.75 Å². The Morgan fingerprint density at radius 1 is 1.56 bits per heavy atom. The molecule has 1 rings (SSSR count). The molecule has 0 aromatic heterocycles. The van der Waals surface area contributed by atoms with E-state index in [4.69, 9.17) is 10.00 Å². The third kappa shape index (κ3) is 4.10. The van der Waals surface area contributed by atoms with Gasteiger partial charge in [-0.25, -0.2) is 0 Å². The van der Waals surface area contributed by atoms with Crippen LogP contribution in [0.2, 0.25) is 0 Å². The Labute approximate surface area is 108 Å². The van der Waals surface area contributed by atoms with Gasteiger partial charge in [-0.2, -0.15) is 5.26 Å². The van der Waals surface area contributed by atoms with Gasteiger partial charge >= 0.3 is 0 Å². The van der Waals surface area contributed by atoms with E-state index in [0.29, 0.717) is 11.3 Å². The Bertz CT molecular complexity index is 463. The monoisotopic (exact) mass is 246 g/mol. The summed E-state index contributed by atoms with van der Waals surface area (Å²) in [6, 6.07) is 7.36. The molecule has 0 spiro atoms. The van der Waals surface area contributed by atoms with E-state index in [1.807, 2.05) is 26.8 Å². The molecule has 1 amide bonds. The van der Waals surface area contributed by atoms with Crippen molar-refractivity contribution in [3.63, 3.8) is 0 Å². The molecule has 0 bridgehead atoms. The Morgan fingerprint density at radius 2 is 2.28 bits per heavy atom. The van der Waals surface area contributed by atoms with Crippen LogP contribution in [0.25, 0.3) is 0 Å². The first-order valence-corrected chi connectivity index (χ1v) is 5.99. The lowest BCUT2D eigenvalue weighted by atomic mass is 10.1. The number of nitrogens with one attached hydrogen (secondary N) is 1. The lowest BCUT2D eigenvalue weighted by molar-refractivity contribution is -0.123. The molecule has 0 aliphatic rings. The zero-order valence-corrected chi connectivity index (χ0v) is 11.0. The van der Waals surface area contributed by atoms with Gasteiger partial charge in [0, 0.05) is 6.04 Å². The predicted octanol–water partition coefficient (Wildman–Crippen LogP) is 2.16. The number of nitriles is 1. The second-order valence-corrected chi connectivity index (χ2v) is 4.26. The van der Waals surface area contributed by atoms with Crippen LogP contribution in [0.4, 0.5) is 0 Å². The van der Waals surface area contributed by atoms with Crippen LogP contribution in [-0.2, 0) is 4.79 Å². The molecule has 1 atom stereocenters. The second kappa shape index (κ2) is 6.65. The summed E-state index contributed by atoms with van der Waals surface area (Å²) in [7, 11) is 0. The largest absolute Gasteiger partial charge is 0.483 e. The van der Waals surface area contributed by atoms with Crippen LogP contribution in [-0.4, -0.2) is 18.6 Å². The summed E-state index contributed by atoms with van der Waals surface area (Å²) < 4.78 is 5.42. The highest BCUT2D eigenvalue weighted by Crippen LogP contribution is 2.18. The minimum absolute atomic E-state index is 0.0277. The van der Waals surface area contributed by atoms with E-state index in [0.717, 1.165) is 12.0 Å². The van der Waals surface area contributed by atoms with Crippen LogP contribution in [0, 0.1) is 18.3 Å². The molecule has 4 nitrogen and oxygen atoms in total. The van der Waals surface area contributed by atoms with Crippen molar-refractivity contribution in [2.24, 2.45) is 0 Å². The highest BCUT2D eigenvalue weighted by Gasteiger charge is 2.08. The number of carbonyl (C=O) groups is 1. The topological polar surface area (TPSA) is 62.1 Å². The van der Waals surface area contributed by atoms with Crippen molar-refractivity contribution in [1.29, 1.82) is 5.26 Å². The van der Waals surface area contributed by atoms with E-state index in [1.165, 1.54) is 0 Å². The Balaban J connectivity index is 2.58. The first-order valence-electron chi connectivity index (χ1n) is 5.99. The normalized spacial score (nSPS) is 11.4. The van der Waals surface area contributed by atoms with Crippen LogP contribution < -0.4 is 10.1 Å². The van der Waals surface area contributed by atoms with Gasteiger partial charge in [-0.05, 0) is 38.0 Å². The lowest BCUT2D eigenvalue weighted by Crippen LogP contribution is -2.35. The van der Waals surface area contributed by atoms with Crippen molar-refractivity contribution in [3.05, 3.63) is 29.3 Å². The third-order valence-corrected chi connectivity index (χ3v) is 2.70.